The molecule has 0 aromatic heterocycles. The zero-order valence-electron chi connectivity index (χ0n) is 13.0. The van der Waals surface area contributed by atoms with E-state index in [1.54, 1.807) is 19.1 Å². The Labute approximate surface area is 126 Å². The second-order valence-corrected chi connectivity index (χ2v) is 4.91. The van der Waals surface area contributed by atoms with Gasteiger partial charge in [-0.3, -0.25) is 9.59 Å². The lowest BCUT2D eigenvalue weighted by molar-refractivity contribution is -0.145. The number of unbranched alkanes of at least 4 members (excludes halogenated alkanes) is 4. The first-order valence-electron chi connectivity index (χ1n) is 7.57. The first-order chi connectivity index (χ1) is 10.0. The second-order valence-electron chi connectivity index (χ2n) is 4.91. The molecule has 2 unspecified atom stereocenters. The van der Waals surface area contributed by atoms with Crippen LogP contribution < -0.4 is 10.6 Å². The molecule has 0 fully saturated rings. The highest BCUT2D eigenvalue weighted by Crippen LogP contribution is 2.01. The second kappa shape index (κ2) is 12.3. The van der Waals surface area contributed by atoms with Gasteiger partial charge in [0.1, 0.15) is 0 Å². The number of hydrogen-bond donors (Lipinski definition) is 4. The first kappa shape index (κ1) is 19.6. The molecule has 2 atom stereocenters. The molecule has 6 nitrogen and oxygen atoms in total. The molecule has 0 aromatic rings. The molecule has 2 amide bonds. The molecular weight excluding hydrogens is 272 g/mol. The van der Waals surface area contributed by atoms with E-state index in [9.17, 15) is 19.8 Å². The van der Waals surface area contributed by atoms with E-state index in [0.717, 1.165) is 25.7 Å². The van der Waals surface area contributed by atoms with Crippen LogP contribution in [0, 0.1) is 0 Å². The van der Waals surface area contributed by atoms with Crippen molar-refractivity contribution in [2.45, 2.75) is 58.2 Å². The van der Waals surface area contributed by atoms with Gasteiger partial charge in [0, 0.05) is 13.1 Å². The Morgan fingerprint density at radius 3 is 2.14 bits per heavy atom. The van der Waals surface area contributed by atoms with Crippen molar-refractivity contribution < 1.29 is 19.8 Å². The van der Waals surface area contributed by atoms with Gasteiger partial charge < -0.3 is 20.8 Å². The average molecular weight is 300 g/mol. The van der Waals surface area contributed by atoms with Crippen molar-refractivity contribution in [2.75, 3.05) is 13.1 Å². The van der Waals surface area contributed by atoms with Crippen LogP contribution in [0.3, 0.4) is 0 Å². The molecule has 0 radical (unpaired) electrons. The van der Waals surface area contributed by atoms with Crippen LogP contribution in [-0.4, -0.2) is 47.3 Å². The van der Waals surface area contributed by atoms with Crippen molar-refractivity contribution in [1.29, 1.82) is 0 Å². The normalized spacial score (nSPS) is 13.9. The van der Waals surface area contributed by atoms with E-state index in [2.05, 4.69) is 17.6 Å². The molecule has 0 bridgehead atoms. The van der Waals surface area contributed by atoms with Gasteiger partial charge >= 0.3 is 0 Å². The molecule has 0 aliphatic carbocycles. The SMILES string of the molecule is C/C=C/CNC(=O)C(O)C(O)C(=O)NCCCCCCC. The van der Waals surface area contributed by atoms with Crippen molar-refractivity contribution in [3.8, 4) is 0 Å². The minimum absolute atomic E-state index is 0.248. The minimum Gasteiger partial charge on any atom is -0.380 e. The summed E-state index contributed by atoms with van der Waals surface area (Å²) in [5.41, 5.74) is 0. The summed E-state index contributed by atoms with van der Waals surface area (Å²) in [7, 11) is 0. The van der Waals surface area contributed by atoms with Crippen LogP contribution in [0.25, 0.3) is 0 Å². The molecule has 0 aliphatic rings. The monoisotopic (exact) mass is 300 g/mol. The Bertz CT molecular complexity index is 332. The lowest BCUT2D eigenvalue weighted by Gasteiger charge is -2.16. The Balaban J connectivity index is 3.93. The van der Waals surface area contributed by atoms with Gasteiger partial charge in [0.2, 0.25) is 0 Å². The summed E-state index contributed by atoms with van der Waals surface area (Å²) in [4.78, 5) is 23.1. The highest BCUT2D eigenvalue weighted by molar-refractivity contribution is 5.90. The van der Waals surface area contributed by atoms with Gasteiger partial charge in [0.25, 0.3) is 11.8 Å². The molecule has 6 heteroatoms. The Hall–Kier alpha value is -1.40. The number of carbonyl (C=O) groups is 2. The van der Waals surface area contributed by atoms with E-state index >= 15 is 0 Å². The fourth-order valence-electron chi connectivity index (χ4n) is 1.71. The van der Waals surface area contributed by atoms with Crippen LogP contribution >= 0.6 is 0 Å². The zero-order chi connectivity index (χ0) is 16.1. The quantitative estimate of drug-likeness (QED) is 0.329. The predicted octanol–water partition coefficient (Wildman–Crippen LogP) is 0.487. The van der Waals surface area contributed by atoms with E-state index in [0.29, 0.717) is 6.54 Å². The fraction of sp³-hybridized carbons (Fsp3) is 0.733. The average Bonchev–Trinajstić information content (AvgIpc) is 2.49. The van der Waals surface area contributed by atoms with Crippen molar-refractivity contribution >= 4 is 11.8 Å². The smallest absolute Gasteiger partial charge is 0.252 e. The summed E-state index contributed by atoms with van der Waals surface area (Å²) in [5.74, 6) is -1.49. The van der Waals surface area contributed by atoms with Crippen LogP contribution in [0.2, 0.25) is 0 Å². The van der Waals surface area contributed by atoms with Gasteiger partial charge in [-0.1, -0.05) is 44.8 Å². The third-order valence-electron chi connectivity index (χ3n) is 3.05. The van der Waals surface area contributed by atoms with Crippen LogP contribution in [0.4, 0.5) is 0 Å². The van der Waals surface area contributed by atoms with Crippen molar-refractivity contribution in [3.63, 3.8) is 0 Å². The van der Waals surface area contributed by atoms with Crippen LogP contribution in [0.15, 0.2) is 12.2 Å². The van der Waals surface area contributed by atoms with Gasteiger partial charge in [-0.15, -0.1) is 0 Å². The highest BCUT2D eigenvalue weighted by Gasteiger charge is 2.29. The lowest BCUT2D eigenvalue weighted by Crippen LogP contribution is -2.49. The van der Waals surface area contributed by atoms with Crippen molar-refractivity contribution in [3.05, 3.63) is 12.2 Å². The topological polar surface area (TPSA) is 98.7 Å². The summed E-state index contributed by atoms with van der Waals surface area (Å²) in [5, 5.41) is 24.1. The number of aliphatic hydroxyl groups is 2. The summed E-state index contributed by atoms with van der Waals surface area (Å²) in [6.45, 7) is 4.61. The maximum Gasteiger partial charge on any atom is 0.252 e. The van der Waals surface area contributed by atoms with Gasteiger partial charge in [0.05, 0.1) is 0 Å². The number of allylic oxidation sites excluding steroid dienone is 1. The summed E-state index contributed by atoms with van der Waals surface area (Å²) in [6, 6.07) is 0. The third kappa shape index (κ3) is 9.20. The largest absolute Gasteiger partial charge is 0.380 e. The van der Waals surface area contributed by atoms with Gasteiger partial charge in [-0.2, -0.15) is 0 Å². The predicted molar refractivity (Wildman–Crippen MR) is 81.6 cm³/mol. The van der Waals surface area contributed by atoms with E-state index < -0.39 is 24.0 Å². The number of aliphatic hydroxyl groups excluding tert-OH is 2. The minimum atomic E-state index is -1.75. The maximum absolute atomic E-state index is 11.6. The highest BCUT2D eigenvalue weighted by atomic mass is 16.3. The molecule has 0 spiro atoms. The zero-order valence-corrected chi connectivity index (χ0v) is 13.0. The summed E-state index contributed by atoms with van der Waals surface area (Å²) < 4.78 is 0. The van der Waals surface area contributed by atoms with Gasteiger partial charge in [-0.05, 0) is 13.3 Å². The number of amides is 2. The van der Waals surface area contributed by atoms with Crippen LogP contribution in [0.5, 0.6) is 0 Å². The number of carbonyl (C=O) groups excluding carboxylic acids is 2. The molecule has 4 N–H and O–H groups in total. The molecule has 0 aromatic carbocycles. The van der Waals surface area contributed by atoms with Crippen molar-refractivity contribution in [2.24, 2.45) is 0 Å². The molecule has 0 rings (SSSR count). The molecular formula is C15H28N2O4. The number of hydrogen-bond acceptors (Lipinski definition) is 4. The van der Waals surface area contributed by atoms with E-state index in [-0.39, 0.29) is 6.54 Å². The first-order valence-corrected chi connectivity index (χ1v) is 7.57. The Morgan fingerprint density at radius 2 is 1.57 bits per heavy atom. The third-order valence-corrected chi connectivity index (χ3v) is 3.05. The molecule has 122 valence electrons. The van der Waals surface area contributed by atoms with Gasteiger partial charge in [-0.25, -0.2) is 0 Å². The molecule has 0 aliphatic heterocycles. The molecule has 0 saturated heterocycles. The summed E-state index contributed by atoms with van der Waals surface area (Å²) in [6.07, 6.45) is 5.20. The van der Waals surface area contributed by atoms with Crippen molar-refractivity contribution in [1.82, 2.24) is 10.6 Å². The molecule has 21 heavy (non-hydrogen) atoms. The fourth-order valence-corrected chi connectivity index (χ4v) is 1.71. The van der Waals surface area contributed by atoms with Crippen LogP contribution in [-0.2, 0) is 9.59 Å². The maximum atomic E-state index is 11.6. The van der Waals surface area contributed by atoms with Gasteiger partial charge in [0.15, 0.2) is 12.2 Å². The lowest BCUT2D eigenvalue weighted by atomic mass is 10.1. The Kier molecular flexibility index (Phi) is 11.5. The number of rotatable bonds is 11. The van der Waals surface area contributed by atoms with E-state index in [1.807, 2.05) is 0 Å². The number of nitrogens with one attached hydrogen (secondary N) is 2. The molecule has 0 saturated carbocycles. The van der Waals surface area contributed by atoms with E-state index in [4.69, 9.17) is 0 Å². The Morgan fingerprint density at radius 1 is 1.00 bits per heavy atom. The standard InChI is InChI=1S/C15H28N2O4/c1-3-5-7-8-9-11-17-15(21)13(19)12(18)14(20)16-10-6-4-2/h4,6,12-13,18-19H,3,5,7-11H2,1-2H3,(H,16,20)(H,17,21)/b6-4+. The van der Waals surface area contributed by atoms with E-state index in [1.165, 1.54) is 6.42 Å². The summed E-state index contributed by atoms with van der Waals surface area (Å²) >= 11 is 0. The van der Waals surface area contributed by atoms with Crippen LogP contribution in [0.1, 0.15) is 46.0 Å². The molecule has 0 heterocycles.